The fourth-order valence-electron chi connectivity index (χ4n) is 3.60. The minimum atomic E-state index is -1.00. The highest BCUT2D eigenvalue weighted by molar-refractivity contribution is 8.29. The number of ether oxygens (including phenoxy) is 2. The molecule has 0 bridgehead atoms. The van der Waals surface area contributed by atoms with Gasteiger partial charge in [-0.25, -0.2) is 14.7 Å². The van der Waals surface area contributed by atoms with Gasteiger partial charge in [0.15, 0.2) is 17.3 Å². The quantitative estimate of drug-likeness (QED) is 0.661. The molecule has 3 aliphatic rings. The standard InChI is InChI=1S/C19H19N5O3S/c25-19(28-18(12-1-2-12)22-17-9-20-11-24(17)28)13-8-21-23(10-13)14-3-4-15-16(7-14)27-6-5-26-15/h3-4,7-12,19,25,28H,1-2,5-6H2. The average molecular weight is 397 g/mol. The topological polar surface area (TPSA) is 86.7 Å². The van der Waals surface area contributed by atoms with Gasteiger partial charge in [-0.1, -0.05) is 11.1 Å². The van der Waals surface area contributed by atoms with Crippen LogP contribution in [-0.4, -0.2) is 42.1 Å². The van der Waals surface area contributed by atoms with Crippen LogP contribution >= 0.6 is 11.1 Å². The van der Waals surface area contributed by atoms with Crippen molar-refractivity contribution in [3.05, 3.63) is 48.7 Å². The first-order valence-corrected chi connectivity index (χ1v) is 10.7. The molecule has 4 heterocycles. The molecule has 1 aromatic carbocycles. The van der Waals surface area contributed by atoms with Gasteiger partial charge in [-0.15, -0.1) is 0 Å². The fourth-order valence-corrected chi connectivity index (χ4v) is 6.04. The average Bonchev–Trinajstić information content (AvgIpc) is 3.14. The zero-order chi connectivity index (χ0) is 18.7. The van der Waals surface area contributed by atoms with Crippen LogP contribution in [0.25, 0.3) is 5.69 Å². The molecular weight excluding hydrogens is 378 g/mol. The molecule has 3 aromatic rings. The molecule has 2 aromatic heterocycles. The summed E-state index contributed by atoms with van der Waals surface area (Å²) in [7, 11) is 0. The zero-order valence-corrected chi connectivity index (χ0v) is 15.9. The minimum absolute atomic E-state index is 0.494. The molecule has 2 aliphatic heterocycles. The second-order valence-electron chi connectivity index (χ2n) is 7.11. The third-order valence-corrected chi connectivity index (χ3v) is 7.63. The van der Waals surface area contributed by atoms with E-state index in [-0.39, 0.29) is 0 Å². The maximum atomic E-state index is 11.2. The highest BCUT2D eigenvalue weighted by Crippen LogP contribution is 2.56. The summed E-state index contributed by atoms with van der Waals surface area (Å²) >= 11 is -1.00. The van der Waals surface area contributed by atoms with Crippen molar-refractivity contribution >= 4 is 21.9 Å². The first kappa shape index (κ1) is 16.2. The van der Waals surface area contributed by atoms with E-state index in [1.807, 2.05) is 28.4 Å². The second kappa shape index (κ2) is 6.11. The molecule has 8 nitrogen and oxygen atoms in total. The Kier molecular flexibility index (Phi) is 3.54. The van der Waals surface area contributed by atoms with Crippen LogP contribution in [-0.2, 0) is 0 Å². The number of rotatable bonds is 4. The van der Waals surface area contributed by atoms with E-state index in [4.69, 9.17) is 14.5 Å². The van der Waals surface area contributed by atoms with Gasteiger partial charge >= 0.3 is 0 Å². The molecule has 28 heavy (non-hydrogen) atoms. The van der Waals surface area contributed by atoms with Gasteiger partial charge in [0.25, 0.3) is 0 Å². The molecule has 9 heteroatoms. The number of aromatic nitrogens is 4. The van der Waals surface area contributed by atoms with Gasteiger partial charge in [0.1, 0.15) is 25.0 Å². The molecule has 6 rings (SSSR count). The Hall–Kier alpha value is -2.78. The molecule has 1 fully saturated rings. The van der Waals surface area contributed by atoms with Gasteiger partial charge in [-0.2, -0.15) is 5.10 Å². The van der Waals surface area contributed by atoms with Crippen molar-refractivity contribution in [3.63, 3.8) is 0 Å². The molecule has 1 N–H and O–H groups in total. The number of hydrogen-bond donors (Lipinski definition) is 2. The molecule has 144 valence electrons. The highest BCUT2D eigenvalue weighted by atomic mass is 32.2. The first-order chi connectivity index (χ1) is 13.8. The van der Waals surface area contributed by atoms with E-state index >= 15 is 0 Å². The van der Waals surface area contributed by atoms with E-state index < -0.39 is 16.5 Å². The Balaban J connectivity index is 1.32. The molecule has 0 spiro atoms. The van der Waals surface area contributed by atoms with Crippen molar-refractivity contribution in [1.82, 2.24) is 18.7 Å². The Morgan fingerprint density at radius 2 is 2.00 bits per heavy atom. The van der Waals surface area contributed by atoms with Crippen molar-refractivity contribution in [2.24, 2.45) is 10.9 Å². The zero-order valence-electron chi connectivity index (χ0n) is 15.0. The number of aliphatic hydroxyl groups is 1. The van der Waals surface area contributed by atoms with Crippen molar-refractivity contribution in [1.29, 1.82) is 0 Å². The first-order valence-electron chi connectivity index (χ1n) is 9.31. The Morgan fingerprint density at radius 3 is 2.86 bits per heavy atom. The second-order valence-corrected chi connectivity index (χ2v) is 9.17. The Labute approximate surface area is 163 Å². The third kappa shape index (κ3) is 2.54. The predicted molar refractivity (Wildman–Crippen MR) is 106 cm³/mol. The van der Waals surface area contributed by atoms with E-state index in [9.17, 15) is 5.11 Å². The van der Waals surface area contributed by atoms with Crippen molar-refractivity contribution < 1.29 is 14.6 Å². The van der Waals surface area contributed by atoms with Gasteiger partial charge in [-0.05, 0) is 25.0 Å². The van der Waals surface area contributed by atoms with Gasteiger partial charge in [0.2, 0.25) is 0 Å². The highest BCUT2D eigenvalue weighted by Gasteiger charge is 2.39. The van der Waals surface area contributed by atoms with Crippen molar-refractivity contribution in [2.45, 2.75) is 18.3 Å². The lowest BCUT2D eigenvalue weighted by Crippen LogP contribution is -2.15. The summed E-state index contributed by atoms with van der Waals surface area (Å²) in [6, 6.07) is 5.73. The maximum Gasteiger partial charge on any atom is 0.163 e. The number of imidazole rings is 1. The van der Waals surface area contributed by atoms with E-state index in [1.165, 1.54) is 0 Å². The van der Waals surface area contributed by atoms with E-state index in [2.05, 4.69) is 10.1 Å². The molecule has 0 saturated heterocycles. The van der Waals surface area contributed by atoms with Gasteiger partial charge in [0, 0.05) is 23.7 Å². The molecule has 2 unspecified atom stereocenters. The SMILES string of the molecule is OC(c1cnn(-c2ccc3c(c2)OCCO3)c1)[SH]1C(C2CC2)=Nc2cncn21. The van der Waals surface area contributed by atoms with Crippen LogP contribution in [0.4, 0.5) is 5.82 Å². The summed E-state index contributed by atoms with van der Waals surface area (Å²) in [5.41, 5.74) is 0.966. The lowest BCUT2D eigenvalue weighted by atomic mass is 10.2. The minimum Gasteiger partial charge on any atom is -0.486 e. The molecular formula is C19H19N5O3S. The van der Waals surface area contributed by atoms with Crippen LogP contribution in [0.1, 0.15) is 23.8 Å². The van der Waals surface area contributed by atoms with E-state index in [0.717, 1.165) is 40.7 Å². The summed E-state index contributed by atoms with van der Waals surface area (Å²) in [6.45, 7) is 1.11. The van der Waals surface area contributed by atoms with Crippen molar-refractivity contribution in [3.8, 4) is 17.2 Å². The normalized spacial score (nSPS) is 22.6. The number of aliphatic imine (C=N–C) groups is 1. The number of benzene rings is 1. The molecule has 2 atom stereocenters. The largest absolute Gasteiger partial charge is 0.486 e. The number of hydrogen-bond acceptors (Lipinski definition) is 6. The summed E-state index contributed by atoms with van der Waals surface area (Å²) in [5, 5.41) is 16.8. The lowest BCUT2D eigenvalue weighted by Gasteiger charge is -2.25. The predicted octanol–water partition coefficient (Wildman–Crippen LogP) is 2.75. The molecule has 1 aliphatic carbocycles. The van der Waals surface area contributed by atoms with Crippen LogP contribution in [0.5, 0.6) is 11.5 Å². The van der Waals surface area contributed by atoms with Crippen LogP contribution in [0.2, 0.25) is 0 Å². The van der Waals surface area contributed by atoms with Crippen LogP contribution in [0, 0.1) is 5.92 Å². The number of aliphatic hydroxyl groups excluding tert-OH is 1. The summed E-state index contributed by atoms with van der Waals surface area (Å²) in [6.07, 6.45) is 9.43. The van der Waals surface area contributed by atoms with Crippen LogP contribution < -0.4 is 9.47 Å². The summed E-state index contributed by atoms with van der Waals surface area (Å²) in [5.74, 6) is 2.79. The monoisotopic (exact) mass is 397 g/mol. The van der Waals surface area contributed by atoms with E-state index in [0.29, 0.717) is 24.9 Å². The Bertz CT molecular complexity index is 1090. The van der Waals surface area contributed by atoms with Gasteiger partial charge in [0.05, 0.1) is 23.1 Å². The fraction of sp³-hybridized carbons (Fsp3) is 0.316. The number of thiol groups is 1. The van der Waals surface area contributed by atoms with E-state index in [1.54, 1.807) is 23.4 Å². The Morgan fingerprint density at radius 1 is 1.14 bits per heavy atom. The number of nitrogens with zero attached hydrogens (tertiary/aromatic N) is 5. The third-order valence-electron chi connectivity index (χ3n) is 5.16. The van der Waals surface area contributed by atoms with Gasteiger partial charge in [-0.3, -0.25) is 3.97 Å². The summed E-state index contributed by atoms with van der Waals surface area (Å²) < 4.78 is 15.0. The molecule has 0 radical (unpaired) electrons. The van der Waals surface area contributed by atoms with Crippen LogP contribution in [0.15, 0.2) is 48.1 Å². The van der Waals surface area contributed by atoms with Crippen molar-refractivity contribution in [2.75, 3.05) is 13.2 Å². The lowest BCUT2D eigenvalue weighted by molar-refractivity contribution is 0.171. The summed E-state index contributed by atoms with van der Waals surface area (Å²) in [4.78, 5) is 8.94. The van der Waals surface area contributed by atoms with Crippen LogP contribution in [0.3, 0.4) is 0 Å². The molecule has 0 amide bonds. The number of fused-ring (bicyclic) bond motifs is 2. The maximum absolute atomic E-state index is 11.2. The smallest absolute Gasteiger partial charge is 0.163 e. The molecule has 1 saturated carbocycles. The van der Waals surface area contributed by atoms with Gasteiger partial charge < -0.3 is 14.6 Å².